The smallest absolute Gasteiger partial charge is 0.375 e. The maximum Gasteiger partial charge on any atom is 0.375 e. The van der Waals surface area contributed by atoms with Crippen LogP contribution in [0, 0.1) is 0 Å². The number of aromatic carboxylic acids is 1. The predicted octanol–water partition coefficient (Wildman–Crippen LogP) is 2.04. The van der Waals surface area contributed by atoms with Gasteiger partial charge in [-0.3, -0.25) is 0 Å². The molecule has 3 aromatic heterocycles. The first-order valence-corrected chi connectivity index (χ1v) is 7.85. The first-order chi connectivity index (χ1) is 11.2. The number of fused-ring (bicyclic) bond motifs is 2. The topological polar surface area (TPSA) is 85.3 Å². The van der Waals surface area contributed by atoms with E-state index in [0.717, 1.165) is 17.8 Å². The molecule has 1 fully saturated rings. The van der Waals surface area contributed by atoms with Gasteiger partial charge in [-0.05, 0) is 36.8 Å². The fraction of sp³-hybridized carbons (Fsp3) is 0.375. The van der Waals surface area contributed by atoms with E-state index in [-0.39, 0.29) is 11.7 Å². The molecule has 3 aromatic rings. The molecule has 1 aliphatic heterocycles. The molecule has 2 aliphatic rings. The van der Waals surface area contributed by atoms with Gasteiger partial charge in [0, 0.05) is 18.9 Å². The molecule has 1 unspecified atom stereocenters. The summed E-state index contributed by atoms with van der Waals surface area (Å²) >= 11 is 0. The van der Waals surface area contributed by atoms with Crippen LogP contribution >= 0.6 is 0 Å². The number of hydrogen-bond donors (Lipinski definition) is 1. The van der Waals surface area contributed by atoms with Crippen LogP contribution in [0.25, 0.3) is 5.65 Å². The summed E-state index contributed by atoms with van der Waals surface area (Å²) < 4.78 is 3.76. The lowest BCUT2D eigenvalue weighted by Gasteiger charge is -2.02. The normalized spacial score (nSPS) is 20.1. The van der Waals surface area contributed by atoms with Crippen molar-refractivity contribution in [1.82, 2.24) is 24.1 Å². The number of aromatic nitrogens is 5. The van der Waals surface area contributed by atoms with Gasteiger partial charge in [0.2, 0.25) is 0 Å². The highest BCUT2D eigenvalue weighted by atomic mass is 16.4. The summed E-state index contributed by atoms with van der Waals surface area (Å²) in [5, 5.41) is 13.1. The lowest BCUT2D eigenvalue weighted by molar-refractivity contribution is 0.0683. The van der Waals surface area contributed by atoms with E-state index in [2.05, 4.69) is 32.8 Å². The minimum atomic E-state index is -1.09. The Bertz CT molecular complexity index is 937. The lowest BCUT2D eigenvalue weighted by atomic mass is 10.0. The summed E-state index contributed by atoms with van der Waals surface area (Å²) in [6, 6.07) is 4.21. The molecule has 5 rings (SSSR count). The van der Waals surface area contributed by atoms with E-state index in [0.29, 0.717) is 18.3 Å². The van der Waals surface area contributed by atoms with Gasteiger partial charge in [-0.1, -0.05) is 6.07 Å². The van der Waals surface area contributed by atoms with Crippen molar-refractivity contribution < 1.29 is 9.90 Å². The van der Waals surface area contributed by atoms with Crippen molar-refractivity contribution in [2.75, 3.05) is 0 Å². The Labute approximate surface area is 131 Å². The highest BCUT2D eigenvalue weighted by molar-refractivity contribution is 5.83. The van der Waals surface area contributed by atoms with Gasteiger partial charge in [0.05, 0.1) is 11.6 Å². The molecule has 0 spiro atoms. The summed E-state index contributed by atoms with van der Waals surface area (Å²) in [5.74, 6) is 0.199. The van der Waals surface area contributed by atoms with Gasteiger partial charge >= 0.3 is 5.97 Å². The third-order valence-corrected chi connectivity index (χ3v) is 4.73. The summed E-state index contributed by atoms with van der Waals surface area (Å²) in [5.41, 5.74) is 3.21. The van der Waals surface area contributed by atoms with Gasteiger partial charge in [0.15, 0.2) is 0 Å². The van der Waals surface area contributed by atoms with Gasteiger partial charge in [-0.2, -0.15) is 0 Å². The van der Waals surface area contributed by atoms with Gasteiger partial charge in [-0.15, -0.1) is 5.10 Å². The molecule has 0 amide bonds. The van der Waals surface area contributed by atoms with Crippen molar-refractivity contribution in [3.05, 3.63) is 47.4 Å². The number of nitrogens with zero attached hydrogens (tertiary/aromatic N) is 5. The largest absolute Gasteiger partial charge is 0.475 e. The molecule has 7 nitrogen and oxygen atoms in total. The highest BCUT2D eigenvalue weighted by Crippen LogP contribution is 2.40. The fourth-order valence-electron chi connectivity index (χ4n) is 3.38. The van der Waals surface area contributed by atoms with Gasteiger partial charge in [-0.25, -0.2) is 19.4 Å². The van der Waals surface area contributed by atoms with Crippen molar-refractivity contribution in [3.63, 3.8) is 0 Å². The standard InChI is InChI=1S/C16H15N5O2/c22-16(23)14-18-15-11(5-6-21(15)19-14)12-8-20-7-10(9-1-2-9)3-4-13(20)17-12/h3-4,7-9,11H,1-2,5-6H2,(H,22,23). The van der Waals surface area contributed by atoms with Crippen LogP contribution in [-0.4, -0.2) is 35.2 Å². The maximum absolute atomic E-state index is 11.0. The third kappa shape index (κ3) is 1.96. The summed E-state index contributed by atoms with van der Waals surface area (Å²) in [6.07, 6.45) is 7.60. The molecule has 1 N–H and O–H groups in total. The van der Waals surface area contributed by atoms with E-state index in [9.17, 15) is 4.79 Å². The zero-order valence-electron chi connectivity index (χ0n) is 12.4. The van der Waals surface area contributed by atoms with Crippen molar-refractivity contribution in [3.8, 4) is 0 Å². The zero-order valence-corrected chi connectivity index (χ0v) is 12.4. The first kappa shape index (κ1) is 12.8. The molecular formula is C16H15N5O2. The molecule has 0 saturated heterocycles. The zero-order chi connectivity index (χ0) is 15.6. The van der Waals surface area contributed by atoms with Crippen LogP contribution in [0.2, 0.25) is 0 Å². The van der Waals surface area contributed by atoms with Crippen molar-refractivity contribution in [2.45, 2.75) is 37.6 Å². The second-order valence-corrected chi connectivity index (χ2v) is 6.33. The number of carboxylic acids is 1. The molecule has 1 atom stereocenters. The molecule has 1 aliphatic carbocycles. The average molecular weight is 309 g/mol. The van der Waals surface area contributed by atoms with E-state index in [1.807, 2.05) is 6.20 Å². The third-order valence-electron chi connectivity index (χ3n) is 4.73. The Morgan fingerprint density at radius 3 is 2.83 bits per heavy atom. The van der Waals surface area contributed by atoms with Crippen LogP contribution in [0.3, 0.4) is 0 Å². The number of imidazole rings is 1. The second-order valence-electron chi connectivity index (χ2n) is 6.33. The van der Waals surface area contributed by atoms with Crippen LogP contribution in [0.5, 0.6) is 0 Å². The van der Waals surface area contributed by atoms with E-state index < -0.39 is 5.97 Å². The van der Waals surface area contributed by atoms with Gasteiger partial charge < -0.3 is 9.51 Å². The molecule has 0 aromatic carbocycles. The second kappa shape index (κ2) is 4.41. The molecule has 0 radical (unpaired) electrons. The molecular weight excluding hydrogens is 294 g/mol. The Hall–Kier alpha value is -2.70. The van der Waals surface area contributed by atoms with E-state index in [1.54, 1.807) is 4.68 Å². The number of aryl methyl sites for hydroxylation is 1. The van der Waals surface area contributed by atoms with E-state index in [1.165, 1.54) is 18.4 Å². The molecule has 7 heteroatoms. The number of rotatable bonds is 3. The number of pyridine rings is 1. The van der Waals surface area contributed by atoms with Crippen LogP contribution in [0.4, 0.5) is 0 Å². The quantitative estimate of drug-likeness (QED) is 0.800. The number of hydrogen-bond acceptors (Lipinski definition) is 4. The van der Waals surface area contributed by atoms with Gasteiger partial charge in [0.25, 0.3) is 5.82 Å². The minimum Gasteiger partial charge on any atom is -0.475 e. The van der Waals surface area contributed by atoms with Crippen LogP contribution < -0.4 is 0 Å². The van der Waals surface area contributed by atoms with Crippen LogP contribution in [0.1, 0.15) is 58.8 Å². The number of carbonyl (C=O) groups is 1. The fourth-order valence-corrected chi connectivity index (χ4v) is 3.38. The Morgan fingerprint density at radius 1 is 1.17 bits per heavy atom. The molecule has 4 heterocycles. The lowest BCUT2D eigenvalue weighted by Crippen LogP contribution is -2.03. The first-order valence-electron chi connectivity index (χ1n) is 7.85. The number of carboxylic acid groups (broad SMARTS) is 1. The van der Waals surface area contributed by atoms with Crippen molar-refractivity contribution >= 4 is 11.6 Å². The Kier molecular flexibility index (Phi) is 2.45. The van der Waals surface area contributed by atoms with Crippen LogP contribution in [-0.2, 0) is 6.54 Å². The SMILES string of the molecule is O=C(O)c1nc2n(n1)CCC2c1cn2cc(C3CC3)ccc2n1. The molecule has 1 saturated carbocycles. The minimum absolute atomic E-state index is 0.0138. The van der Waals surface area contributed by atoms with Crippen molar-refractivity contribution in [1.29, 1.82) is 0 Å². The molecule has 23 heavy (non-hydrogen) atoms. The summed E-state index contributed by atoms with van der Waals surface area (Å²) in [4.78, 5) is 19.9. The van der Waals surface area contributed by atoms with Crippen molar-refractivity contribution in [2.24, 2.45) is 0 Å². The molecule has 116 valence electrons. The van der Waals surface area contributed by atoms with E-state index in [4.69, 9.17) is 10.1 Å². The predicted molar refractivity (Wildman–Crippen MR) is 80.6 cm³/mol. The van der Waals surface area contributed by atoms with E-state index >= 15 is 0 Å². The Morgan fingerprint density at radius 2 is 2.04 bits per heavy atom. The van der Waals surface area contributed by atoms with Gasteiger partial charge in [0.1, 0.15) is 11.5 Å². The maximum atomic E-state index is 11.0. The Balaban J connectivity index is 1.55. The molecule has 0 bridgehead atoms. The average Bonchev–Trinajstić information content (AvgIpc) is 2.99. The monoisotopic (exact) mass is 309 g/mol. The summed E-state index contributed by atoms with van der Waals surface area (Å²) in [6.45, 7) is 0.682. The van der Waals surface area contributed by atoms with Crippen LogP contribution in [0.15, 0.2) is 24.5 Å². The summed E-state index contributed by atoms with van der Waals surface area (Å²) in [7, 11) is 0. The highest BCUT2D eigenvalue weighted by Gasteiger charge is 2.31.